The Labute approximate surface area is 93.9 Å². The van der Waals surface area contributed by atoms with Crippen LogP contribution < -0.4 is 5.73 Å². The first kappa shape index (κ1) is 12.4. The standard InChI is InChI=1S/C11H15ClFNO/c1-7(15)4-8(6-14)10-3-2-9(12)5-11(10)13/h2-3,5,7-8,15H,4,6,14H2,1H3. The lowest BCUT2D eigenvalue weighted by atomic mass is 9.93. The number of halogens is 2. The van der Waals surface area contributed by atoms with Crippen LogP contribution >= 0.6 is 11.6 Å². The van der Waals surface area contributed by atoms with Gasteiger partial charge < -0.3 is 10.8 Å². The zero-order valence-corrected chi connectivity index (χ0v) is 9.34. The van der Waals surface area contributed by atoms with Gasteiger partial charge in [0.1, 0.15) is 5.82 Å². The molecule has 84 valence electrons. The fourth-order valence-corrected chi connectivity index (χ4v) is 1.75. The summed E-state index contributed by atoms with van der Waals surface area (Å²) in [5, 5.41) is 9.62. The van der Waals surface area contributed by atoms with E-state index in [1.54, 1.807) is 19.1 Å². The zero-order valence-electron chi connectivity index (χ0n) is 8.58. The zero-order chi connectivity index (χ0) is 11.4. The van der Waals surface area contributed by atoms with E-state index in [-0.39, 0.29) is 11.7 Å². The van der Waals surface area contributed by atoms with Gasteiger partial charge in [-0.3, -0.25) is 0 Å². The van der Waals surface area contributed by atoms with Crippen LogP contribution in [0.3, 0.4) is 0 Å². The summed E-state index contributed by atoms with van der Waals surface area (Å²) in [5.74, 6) is -0.527. The van der Waals surface area contributed by atoms with Gasteiger partial charge in [-0.1, -0.05) is 17.7 Å². The van der Waals surface area contributed by atoms with Crippen LogP contribution in [0, 0.1) is 5.82 Å². The minimum absolute atomic E-state index is 0.165. The van der Waals surface area contributed by atoms with Crippen molar-refractivity contribution in [2.75, 3.05) is 6.54 Å². The molecule has 2 unspecified atom stereocenters. The summed E-state index contributed by atoms with van der Waals surface area (Å²) < 4.78 is 13.5. The van der Waals surface area contributed by atoms with Crippen LogP contribution in [0.25, 0.3) is 0 Å². The van der Waals surface area contributed by atoms with Gasteiger partial charge in [-0.25, -0.2) is 4.39 Å². The normalized spacial score (nSPS) is 15.0. The Morgan fingerprint density at radius 2 is 2.20 bits per heavy atom. The highest BCUT2D eigenvalue weighted by Gasteiger charge is 2.16. The van der Waals surface area contributed by atoms with Crippen LogP contribution in [0.2, 0.25) is 5.02 Å². The van der Waals surface area contributed by atoms with E-state index in [1.807, 2.05) is 0 Å². The van der Waals surface area contributed by atoms with Gasteiger partial charge in [-0.05, 0) is 37.6 Å². The average molecular weight is 232 g/mol. The smallest absolute Gasteiger partial charge is 0.128 e. The molecule has 0 amide bonds. The van der Waals surface area contributed by atoms with Crippen LogP contribution in [-0.2, 0) is 0 Å². The molecule has 1 aromatic rings. The lowest BCUT2D eigenvalue weighted by Gasteiger charge is -2.17. The van der Waals surface area contributed by atoms with Gasteiger partial charge in [0.25, 0.3) is 0 Å². The van der Waals surface area contributed by atoms with Gasteiger partial charge in [0.2, 0.25) is 0 Å². The van der Waals surface area contributed by atoms with Gasteiger partial charge in [0, 0.05) is 10.9 Å². The summed E-state index contributed by atoms with van der Waals surface area (Å²) >= 11 is 5.65. The average Bonchev–Trinajstić information content (AvgIpc) is 2.14. The van der Waals surface area contributed by atoms with Gasteiger partial charge >= 0.3 is 0 Å². The Morgan fingerprint density at radius 1 is 1.53 bits per heavy atom. The molecule has 0 aromatic heterocycles. The van der Waals surface area contributed by atoms with Crippen LogP contribution in [-0.4, -0.2) is 17.8 Å². The molecule has 0 spiro atoms. The number of nitrogens with two attached hydrogens (primary N) is 1. The Morgan fingerprint density at radius 3 is 2.67 bits per heavy atom. The maximum Gasteiger partial charge on any atom is 0.128 e. The van der Waals surface area contributed by atoms with Crippen molar-refractivity contribution in [2.24, 2.45) is 5.73 Å². The summed E-state index contributed by atoms with van der Waals surface area (Å²) in [6, 6.07) is 4.52. The minimum Gasteiger partial charge on any atom is -0.393 e. The SMILES string of the molecule is CC(O)CC(CN)c1ccc(Cl)cc1F. The fourth-order valence-electron chi connectivity index (χ4n) is 1.59. The van der Waals surface area contributed by atoms with E-state index < -0.39 is 6.10 Å². The summed E-state index contributed by atoms with van der Waals surface area (Å²) in [6.07, 6.45) is -0.0386. The molecule has 2 nitrogen and oxygen atoms in total. The molecular weight excluding hydrogens is 217 g/mol. The highest BCUT2D eigenvalue weighted by molar-refractivity contribution is 6.30. The molecule has 2 atom stereocenters. The Balaban J connectivity index is 2.91. The predicted molar refractivity (Wildman–Crippen MR) is 59.5 cm³/mol. The molecule has 15 heavy (non-hydrogen) atoms. The summed E-state index contributed by atoms with van der Waals surface area (Å²) in [7, 11) is 0. The number of aliphatic hydroxyl groups excluding tert-OH is 1. The third-order valence-corrected chi connectivity index (χ3v) is 2.55. The lowest BCUT2D eigenvalue weighted by Crippen LogP contribution is -2.18. The van der Waals surface area contributed by atoms with Crippen molar-refractivity contribution in [3.8, 4) is 0 Å². The maximum absolute atomic E-state index is 13.5. The van der Waals surface area contributed by atoms with E-state index in [1.165, 1.54) is 6.07 Å². The van der Waals surface area contributed by atoms with Gasteiger partial charge in [-0.2, -0.15) is 0 Å². The molecule has 0 saturated carbocycles. The molecule has 0 heterocycles. The molecule has 1 aromatic carbocycles. The van der Waals surface area contributed by atoms with Crippen molar-refractivity contribution in [1.82, 2.24) is 0 Å². The van der Waals surface area contributed by atoms with Crippen molar-refractivity contribution in [2.45, 2.75) is 25.4 Å². The third-order valence-electron chi connectivity index (χ3n) is 2.31. The molecule has 4 heteroatoms. The second kappa shape index (κ2) is 5.45. The highest BCUT2D eigenvalue weighted by Crippen LogP contribution is 2.25. The van der Waals surface area contributed by atoms with Crippen LogP contribution in [0.4, 0.5) is 4.39 Å². The summed E-state index contributed by atoms with van der Waals surface area (Å²) in [4.78, 5) is 0. The van der Waals surface area contributed by atoms with Crippen molar-refractivity contribution in [1.29, 1.82) is 0 Å². The van der Waals surface area contributed by atoms with Crippen molar-refractivity contribution in [3.63, 3.8) is 0 Å². The summed E-state index contributed by atoms with van der Waals surface area (Å²) in [5.41, 5.74) is 6.07. The number of aliphatic hydroxyl groups is 1. The van der Waals surface area contributed by atoms with E-state index in [9.17, 15) is 9.50 Å². The first-order valence-corrected chi connectivity index (χ1v) is 5.25. The summed E-state index contributed by atoms with van der Waals surface area (Å²) in [6.45, 7) is 1.97. The van der Waals surface area contributed by atoms with Crippen LogP contribution in [0.15, 0.2) is 18.2 Å². The quantitative estimate of drug-likeness (QED) is 0.835. The molecule has 0 aliphatic carbocycles. The van der Waals surface area contributed by atoms with E-state index in [0.29, 0.717) is 23.6 Å². The first-order chi connectivity index (χ1) is 7.04. The van der Waals surface area contributed by atoms with Gasteiger partial charge in [0.05, 0.1) is 6.10 Å². The molecule has 0 bridgehead atoms. The molecular formula is C11H15ClFNO. The Hall–Kier alpha value is -0.640. The van der Waals surface area contributed by atoms with E-state index >= 15 is 0 Å². The largest absolute Gasteiger partial charge is 0.393 e. The molecule has 0 aliphatic rings. The minimum atomic E-state index is -0.492. The Bertz CT molecular complexity index is 330. The molecule has 0 saturated heterocycles. The maximum atomic E-state index is 13.5. The lowest BCUT2D eigenvalue weighted by molar-refractivity contribution is 0.174. The van der Waals surface area contributed by atoms with Gasteiger partial charge in [-0.15, -0.1) is 0 Å². The fraction of sp³-hybridized carbons (Fsp3) is 0.455. The monoisotopic (exact) mass is 231 g/mol. The van der Waals surface area contributed by atoms with Crippen molar-refractivity contribution in [3.05, 3.63) is 34.6 Å². The van der Waals surface area contributed by atoms with E-state index in [2.05, 4.69) is 0 Å². The molecule has 1 rings (SSSR count). The number of hydrogen-bond acceptors (Lipinski definition) is 2. The third kappa shape index (κ3) is 3.45. The molecule has 3 N–H and O–H groups in total. The van der Waals surface area contributed by atoms with Crippen molar-refractivity contribution < 1.29 is 9.50 Å². The highest BCUT2D eigenvalue weighted by atomic mass is 35.5. The molecule has 0 aliphatic heterocycles. The number of hydrogen-bond donors (Lipinski definition) is 2. The second-order valence-corrected chi connectivity index (χ2v) is 4.12. The molecule has 0 radical (unpaired) electrons. The number of benzene rings is 1. The molecule has 0 fully saturated rings. The van der Waals surface area contributed by atoms with Crippen molar-refractivity contribution >= 4 is 11.6 Å². The van der Waals surface area contributed by atoms with Crippen LogP contribution in [0.5, 0.6) is 0 Å². The Kier molecular flexibility index (Phi) is 4.51. The first-order valence-electron chi connectivity index (χ1n) is 4.87. The number of rotatable bonds is 4. The predicted octanol–water partition coefficient (Wildman–Crippen LogP) is 2.29. The van der Waals surface area contributed by atoms with E-state index in [0.717, 1.165) is 0 Å². The second-order valence-electron chi connectivity index (χ2n) is 3.68. The topological polar surface area (TPSA) is 46.2 Å². The van der Waals surface area contributed by atoms with Gasteiger partial charge in [0.15, 0.2) is 0 Å². The van der Waals surface area contributed by atoms with Crippen LogP contribution in [0.1, 0.15) is 24.8 Å². The van der Waals surface area contributed by atoms with E-state index in [4.69, 9.17) is 17.3 Å².